The lowest BCUT2D eigenvalue weighted by atomic mass is 10.1. The summed E-state index contributed by atoms with van der Waals surface area (Å²) in [6.07, 6.45) is 4.66. The third-order valence-electron chi connectivity index (χ3n) is 5.61. The maximum atomic E-state index is 14.6. The molecule has 0 amide bonds. The van der Waals surface area contributed by atoms with Crippen molar-refractivity contribution >= 4 is 17.0 Å². The Labute approximate surface area is 187 Å². The fourth-order valence-corrected chi connectivity index (χ4v) is 3.78. The van der Waals surface area contributed by atoms with E-state index in [9.17, 15) is 8.78 Å². The van der Waals surface area contributed by atoms with E-state index in [1.807, 2.05) is 6.07 Å². The van der Waals surface area contributed by atoms with Crippen molar-refractivity contribution in [3.8, 4) is 28.7 Å². The molecule has 3 aromatic heterocycles. The van der Waals surface area contributed by atoms with E-state index >= 15 is 0 Å². The molecule has 0 radical (unpaired) electrons. The summed E-state index contributed by atoms with van der Waals surface area (Å²) in [7, 11) is 2.08. The Hall–Kier alpha value is -4.04. The number of benzene rings is 1. The van der Waals surface area contributed by atoms with Gasteiger partial charge < -0.3 is 9.80 Å². The highest BCUT2D eigenvalue weighted by molar-refractivity contribution is 5.89. The topological polar surface area (TPSA) is 111 Å². The highest BCUT2D eigenvalue weighted by atomic mass is 19.1. The smallest absolute Gasteiger partial charge is 0.225 e. The number of fused-ring (bicyclic) bond motifs is 1. The maximum Gasteiger partial charge on any atom is 0.225 e. The monoisotopic (exact) mass is 447 g/mol. The Bertz CT molecular complexity index is 1330. The van der Waals surface area contributed by atoms with E-state index in [0.29, 0.717) is 28.2 Å². The standard InChI is InChI=1S/C22H19F2N9/c1-32-4-6-33(7-5-32)22-27-10-14(11-28-22)19-20-17(30-31-19)12-26-21(29-20)18-15(23)8-13(2-3-25)9-16(18)24/h8-12H,2,4-7H2,1H3,(H,30,31). The first-order valence-electron chi connectivity index (χ1n) is 10.4. The number of aromatic amines is 1. The van der Waals surface area contributed by atoms with E-state index in [2.05, 4.69) is 47.0 Å². The van der Waals surface area contributed by atoms with Crippen molar-refractivity contribution in [2.75, 3.05) is 38.1 Å². The van der Waals surface area contributed by atoms with Crippen LogP contribution in [0.1, 0.15) is 5.56 Å². The highest BCUT2D eigenvalue weighted by Crippen LogP contribution is 2.29. The molecule has 0 aliphatic carbocycles. The van der Waals surface area contributed by atoms with Crippen LogP contribution in [0.15, 0.2) is 30.7 Å². The molecule has 11 heteroatoms. The minimum absolute atomic E-state index is 0.0932. The molecule has 1 saturated heterocycles. The molecular weight excluding hydrogens is 428 g/mol. The molecule has 4 heterocycles. The molecule has 4 aromatic rings. The SMILES string of the molecule is CN1CCN(c2ncc(-c3n[nH]c4cnc(-c5c(F)cc(CC#N)cc5F)nc34)cn2)CC1. The molecule has 1 aliphatic rings. The Morgan fingerprint density at radius 2 is 1.73 bits per heavy atom. The van der Waals surface area contributed by atoms with Crippen molar-refractivity contribution in [1.29, 1.82) is 5.26 Å². The average Bonchev–Trinajstić information content (AvgIpc) is 3.23. The number of H-pyrrole nitrogens is 1. The summed E-state index contributed by atoms with van der Waals surface area (Å²) in [5, 5.41) is 15.9. The average molecular weight is 447 g/mol. The van der Waals surface area contributed by atoms with Crippen molar-refractivity contribution in [2.45, 2.75) is 6.42 Å². The number of nitrogens with one attached hydrogen (secondary N) is 1. The Morgan fingerprint density at radius 1 is 1.03 bits per heavy atom. The second kappa shape index (κ2) is 8.48. The lowest BCUT2D eigenvalue weighted by Gasteiger charge is -2.32. The van der Waals surface area contributed by atoms with Gasteiger partial charge in [0.05, 0.1) is 24.3 Å². The number of likely N-dealkylation sites (N-methyl/N-ethyl adjacent to an activating group) is 1. The highest BCUT2D eigenvalue weighted by Gasteiger charge is 2.20. The molecule has 0 saturated carbocycles. The van der Waals surface area contributed by atoms with Crippen LogP contribution in [0.2, 0.25) is 0 Å². The van der Waals surface area contributed by atoms with Crippen LogP contribution >= 0.6 is 0 Å². The third-order valence-corrected chi connectivity index (χ3v) is 5.61. The van der Waals surface area contributed by atoms with Gasteiger partial charge in [0.15, 0.2) is 5.82 Å². The summed E-state index contributed by atoms with van der Waals surface area (Å²) in [5.74, 6) is -1.13. The summed E-state index contributed by atoms with van der Waals surface area (Å²) < 4.78 is 29.3. The Balaban J connectivity index is 1.49. The van der Waals surface area contributed by atoms with Crippen LogP contribution in [0.5, 0.6) is 0 Å². The fraction of sp³-hybridized carbons (Fsp3) is 0.273. The molecule has 1 aromatic carbocycles. The summed E-state index contributed by atoms with van der Waals surface area (Å²) in [6, 6.07) is 4.12. The van der Waals surface area contributed by atoms with Crippen LogP contribution in [-0.2, 0) is 6.42 Å². The molecule has 166 valence electrons. The van der Waals surface area contributed by atoms with Crippen molar-refractivity contribution in [3.05, 3.63) is 47.9 Å². The minimum Gasteiger partial charge on any atom is -0.338 e. The first kappa shape index (κ1) is 20.8. The number of hydrogen-bond acceptors (Lipinski definition) is 8. The zero-order chi connectivity index (χ0) is 22.9. The van der Waals surface area contributed by atoms with Gasteiger partial charge in [0, 0.05) is 44.1 Å². The largest absolute Gasteiger partial charge is 0.338 e. The maximum absolute atomic E-state index is 14.6. The number of nitriles is 1. The summed E-state index contributed by atoms with van der Waals surface area (Å²) in [4.78, 5) is 21.8. The van der Waals surface area contributed by atoms with Crippen LogP contribution < -0.4 is 4.90 Å². The van der Waals surface area contributed by atoms with Crippen molar-refractivity contribution < 1.29 is 8.78 Å². The summed E-state index contributed by atoms with van der Waals surface area (Å²) in [5.41, 5.74) is 1.88. The van der Waals surface area contributed by atoms with E-state index < -0.39 is 11.6 Å². The number of aromatic nitrogens is 6. The van der Waals surface area contributed by atoms with E-state index in [0.717, 1.165) is 38.3 Å². The molecule has 5 rings (SSSR count). The predicted octanol–water partition coefficient (Wildman–Crippen LogP) is 2.57. The van der Waals surface area contributed by atoms with Crippen molar-refractivity contribution in [2.24, 2.45) is 0 Å². The summed E-state index contributed by atoms with van der Waals surface area (Å²) >= 11 is 0. The molecular formula is C22H19F2N9. The first-order chi connectivity index (χ1) is 16.0. The number of halogens is 2. The van der Waals surface area contributed by atoms with Gasteiger partial charge in [-0.1, -0.05) is 0 Å². The third kappa shape index (κ3) is 3.96. The van der Waals surface area contributed by atoms with Gasteiger partial charge in [0.25, 0.3) is 0 Å². The molecule has 0 atom stereocenters. The lowest BCUT2D eigenvalue weighted by Crippen LogP contribution is -2.45. The van der Waals surface area contributed by atoms with E-state index in [4.69, 9.17) is 5.26 Å². The molecule has 0 bridgehead atoms. The molecule has 1 aliphatic heterocycles. The number of anilines is 1. The van der Waals surface area contributed by atoms with E-state index in [-0.39, 0.29) is 23.4 Å². The quantitative estimate of drug-likeness (QED) is 0.508. The Kier molecular flexibility index (Phi) is 5.35. The van der Waals surface area contributed by atoms with Crippen molar-refractivity contribution in [1.82, 2.24) is 35.0 Å². The number of nitrogens with zero attached hydrogens (tertiary/aromatic N) is 8. The van der Waals surface area contributed by atoms with Gasteiger partial charge >= 0.3 is 0 Å². The molecule has 0 unspecified atom stereocenters. The number of hydrogen-bond donors (Lipinski definition) is 1. The first-order valence-corrected chi connectivity index (χ1v) is 10.4. The van der Waals surface area contributed by atoms with Crippen LogP contribution in [-0.4, -0.2) is 68.3 Å². The predicted molar refractivity (Wildman–Crippen MR) is 117 cm³/mol. The molecule has 9 nitrogen and oxygen atoms in total. The van der Waals surface area contributed by atoms with Crippen LogP contribution in [0.3, 0.4) is 0 Å². The normalized spacial score (nSPS) is 14.5. The minimum atomic E-state index is -0.829. The lowest BCUT2D eigenvalue weighted by molar-refractivity contribution is 0.311. The van der Waals surface area contributed by atoms with Gasteiger partial charge in [-0.2, -0.15) is 10.4 Å². The molecule has 33 heavy (non-hydrogen) atoms. The number of rotatable bonds is 4. The van der Waals surface area contributed by atoms with Crippen LogP contribution in [0.25, 0.3) is 33.7 Å². The zero-order valence-corrected chi connectivity index (χ0v) is 17.8. The molecule has 1 fully saturated rings. The summed E-state index contributed by atoms with van der Waals surface area (Å²) in [6.45, 7) is 3.59. The zero-order valence-electron chi connectivity index (χ0n) is 17.8. The van der Waals surface area contributed by atoms with E-state index in [1.165, 1.54) is 6.20 Å². The Morgan fingerprint density at radius 3 is 2.39 bits per heavy atom. The van der Waals surface area contributed by atoms with Gasteiger partial charge in [0.2, 0.25) is 5.95 Å². The van der Waals surface area contributed by atoms with Gasteiger partial charge in [-0.25, -0.2) is 28.7 Å². The second-order valence-electron chi connectivity index (χ2n) is 7.86. The van der Waals surface area contributed by atoms with Crippen molar-refractivity contribution in [3.63, 3.8) is 0 Å². The van der Waals surface area contributed by atoms with Gasteiger partial charge in [0.1, 0.15) is 28.4 Å². The molecule has 0 spiro atoms. The second-order valence-corrected chi connectivity index (χ2v) is 7.86. The van der Waals surface area contributed by atoms with Crippen LogP contribution in [0.4, 0.5) is 14.7 Å². The fourth-order valence-electron chi connectivity index (χ4n) is 3.78. The molecule has 1 N–H and O–H groups in total. The van der Waals surface area contributed by atoms with Gasteiger partial charge in [-0.15, -0.1) is 0 Å². The van der Waals surface area contributed by atoms with Crippen LogP contribution in [0, 0.1) is 23.0 Å². The van der Waals surface area contributed by atoms with Gasteiger partial charge in [-0.05, 0) is 24.7 Å². The van der Waals surface area contributed by atoms with Gasteiger partial charge in [-0.3, -0.25) is 5.10 Å². The number of piperazine rings is 1. The van der Waals surface area contributed by atoms with E-state index in [1.54, 1.807) is 12.4 Å².